The molecule has 1 aliphatic rings. The van der Waals surface area contributed by atoms with Crippen LogP contribution in [0, 0.1) is 5.92 Å². The summed E-state index contributed by atoms with van der Waals surface area (Å²) in [6.45, 7) is 2.67. The first-order valence-corrected chi connectivity index (χ1v) is 7.66. The first-order valence-electron chi connectivity index (χ1n) is 6.07. The SMILES string of the molecule is COc1cc(Br)c(OCCNCC2CC2)cc1Br. The Bertz CT molecular complexity index is 408. The minimum absolute atomic E-state index is 0.671. The number of methoxy groups -OCH3 is 1. The van der Waals surface area contributed by atoms with Crippen molar-refractivity contribution in [1.29, 1.82) is 0 Å². The highest BCUT2D eigenvalue weighted by Gasteiger charge is 2.19. The van der Waals surface area contributed by atoms with Crippen molar-refractivity contribution in [2.75, 3.05) is 26.8 Å². The second kappa shape index (κ2) is 6.78. The Labute approximate surface area is 124 Å². The van der Waals surface area contributed by atoms with Crippen LogP contribution >= 0.6 is 31.9 Å². The maximum atomic E-state index is 5.72. The Morgan fingerprint density at radius 3 is 2.56 bits per heavy atom. The molecule has 0 heterocycles. The summed E-state index contributed by atoms with van der Waals surface area (Å²) in [5.74, 6) is 2.53. The molecule has 18 heavy (non-hydrogen) atoms. The lowest BCUT2D eigenvalue weighted by molar-refractivity contribution is 0.310. The Morgan fingerprint density at radius 1 is 1.22 bits per heavy atom. The van der Waals surface area contributed by atoms with Gasteiger partial charge in [-0.05, 0) is 69.3 Å². The zero-order valence-corrected chi connectivity index (χ0v) is 13.5. The molecule has 5 heteroatoms. The number of ether oxygens (including phenoxy) is 2. The van der Waals surface area contributed by atoms with Crippen LogP contribution in [0.2, 0.25) is 0 Å². The van der Waals surface area contributed by atoms with E-state index in [0.29, 0.717) is 6.61 Å². The lowest BCUT2D eigenvalue weighted by Gasteiger charge is -2.11. The molecule has 1 aromatic rings. The highest BCUT2D eigenvalue weighted by molar-refractivity contribution is 9.11. The molecule has 0 spiro atoms. The molecule has 0 unspecified atom stereocenters. The number of benzene rings is 1. The van der Waals surface area contributed by atoms with Gasteiger partial charge in [-0.15, -0.1) is 0 Å². The van der Waals surface area contributed by atoms with Crippen LogP contribution in [-0.2, 0) is 0 Å². The van der Waals surface area contributed by atoms with Crippen LogP contribution in [0.4, 0.5) is 0 Å². The third-order valence-electron chi connectivity index (χ3n) is 2.87. The van der Waals surface area contributed by atoms with Crippen molar-refractivity contribution in [3.63, 3.8) is 0 Å². The van der Waals surface area contributed by atoms with Crippen LogP contribution in [0.25, 0.3) is 0 Å². The summed E-state index contributed by atoms with van der Waals surface area (Å²) in [6, 6.07) is 3.82. The topological polar surface area (TPSA) is 30.5 Å². The van der Waals surface area contributed by atoms with Crippen molar-refractivity contribution in [2.45, 2.75) is 12.8 Å². The Kier molecular flexibility index (Phi) is 5.33. The van der Waals surface area contributed by atoms with Gasteiger partial charge in [-0.1, -0.05) is 0 Å². The quantitative estimate of drug-likeness (QED) is 0.735. The molecule has 0 aromatic heterocycles. The maximum absolute atomic E-state index is 5.72. The normalized spacial score (nSPS) is 14.6. The minimum atomic E-state index is 0.671. The molecule has 2 rings (SSSR count). The van der Waals surface area contributed by atoms with Crippen molar-refractivity contribution >= 4 is 31.9 Å². The van der Waals surface area contributed by atoms with Gasteiger partial charge in [0.1, 0.15) is 18.1 Å². The van der Waals surface area contributed by atoms with Crippen LogP contribution in [-0.4, -0.2) is 26.8 Å². The summed E-state index contributed by atoms with van der Waals surface area (Å²) in [7, 11) is 1.65. The zero-order chi connectivity index (χ0) is 13.0. The van der Waals surface area contributed by atoms with Gasteiger partial charge in [0.25, 0.3) is 0 Å². The molecule has 0 amide bonds. The van der Waals surface area contributed by atoms with Gasteiger partial charge in [-0.3, -0.25) is 0 Å². The number of halogens is 2. The number of hydrogen-bond donors (Lipinski definition) is 1. The average Bonchev–Trinajstić information content (AvgIpc) is 3.16. The first-order chi connectivity index (χ1) is 8.70. The fourth-order valence-corrected chi connectivity index (χ4v) is 2.56. The Hall–Kier alpha value is -0.260. The number of nitrogens with one attached hydrogen (secondary N) is 1. The fourth-order valence-electron chi connectivity index (χ4n) is 1.64. The summed E-state index contributed by atoms with van der Waals surface area (Å²) >= 11 is 6.93. The van der Waals surface area contributed by atoms with E-state index in [-0.39, 0.29) is 0 Å². The zero-order valence-electron chi connectivity index (χ0n) is 10.3. The van der Waals surface area contributed by atoms with E-state index < -0.39 is 0 Å². The molecule has 1 N–H and O–H groups in total. The lowest BCUT2D eigenvalue weighted by Crippen LogP contribution is -2.23. The summed E-state index contributed by atoms with van der Waals surface area (Å²) in [4.78, 5) is 0. The summed E-state index contributed by atoms with van der Waals surface area (Å²) < 4.78 is 12.7. The van der Waals surface area contributed by atoms with Crippen molar-refractivity contribution in [3.05, 3.63) is 21.1 Å². The van der Waals surface area contributed by atoms with E-state index in [1.54, 1.807) is 7.11 Å². The Balaban J connectivity index is 1.78. The van der Waals surface area contributed by atoms with Crippen LogP contribution in [0.5, 0.6) is 11.5 Å². The van der Waals surface area contributed by atoms with Gasteiger partial charge >= 0.3 is 0 Å². The van der Waals surface area contributed by atoms with Gasteiger partial charge in [-0.2, -0.15) is 0 Å². The van der Waals surface area contributed by atoms with E-state index in [2.05, 4.69) is 37.2 Å². The lowest BCUT2D eigenvalue weighted by atomic mass is 10.3. The molecule has 0 bridgehead atoms. The molecular weight excluding hydrogens is 362 g/mol. The monoisotopic (exact) mass is 377 g/mol. The molecular formula is C13H17Br2NO2. The van der Waals surface area contributed by atoms with E-state index in [1.165, 1.54) is 12.8 Å². The average molecular weight is 379 g/mol. The van der Waals surface area contributed by atoms with Gasteiger partial charge in [-0.25, -0.2) is 0 Å². The van der Waals surface area contributed by atoms with Gasteiger partial charge in [0.15, 0.2) is 0 Å². The third-order valence-corrected chi connectivity index (χ3v) is 4.11. The molecule has 1 aromatic carbocycles. The molecule has 1 saturated carbocycles. The molecule has 3 nitrogen and oxygen atoms in total. The predicted octanol–water partition coefficient (Wildman–Crippen LogP) is 3.60. The fraction of sp³-hybridized carbons (Fsp3) is 0.538. The van der Waals surface area contributed by atoms with Crippen molar-refractivity contribution in [1.82, 2.24) is 5.32 Å². The van der Waals surface area contributed by atoms with Gasteiger partial charge in [0.2, 0.25) is 0 Å². The largest absolute Gasteiger partial charge is 0.496 e. The van der Waals surface area contributed by atoms with E-state index in [9.17, 15) is 0 Å². The van der Waals surface area contributed by atoms with Crippen LogP contribution in [0.3, 0.4) is 0 Å². The molecule has 1 fully saturated rings. The van der Waals surface area contributed by atoms with Crippen LogP contribution in [0.15, 0.2) is 21.1 Å². The minimum Gasteiger partial charge on any atom is -0.496 e. The van der Waals surface area contributed by atoms with Gasteiger partial charge < -0.3 is 14.8 Å². The highest BCUT2D eigenvalue weighted by Crippen LogP contribution is 2.35. The predicted molar refractivity (Wildman–Crippen MR) is 79.5 cm³/mol. The van der Waals surface area contributed by atoms with Crippen molar-refractivity contribution in [2.24, 2.45) is 5.92 Å². The molecule has 0 radical (unpaired) electrons. The van der Waals surface area contributed by atoms with E-state index in [0.717, 1.165) is 39.5 Å². The standard InChI is InChI=1S/C13H17Br2NO2/c1-17-12-6-11(15)13(7-10(12)14)18-5-4-16-8-9-2-3-9/h6-7,9,16H,2-5,8H2,1H3. The number of rotatable bonds is 7. The summed E-state index contributed by atoms with van der Waals surface area (Å²) in [6.07, 6.45) is 2.76. The second-order valence-electron chi connectivity index (χ2n) is 4.41. The summed E-state index contributed by atoms with van der Waals surface area (Å²) in [5.41, 5.74) is 0. The summed E-state index contributed by atoms with van der Waals surface area (Å²) in [5, 5.41) is 3.40. The molecule has 100 valence electrons. The molecule has 0 atom stereocenters. The molecule has 0 aliphatic heterocycles. The molecule has 1 aliphatic carbocycles. The third kappa shape index (κ3) is 4.14. The molecule has 0 saturated heterocycles. The van der Waals surface area contributed by atoms with Gasteiger partial charge in [0, 0.05) is 6.54 Å². The van der Waals surface area contributed by atoms with Crippen LogP contribution < -0.4 is 14.8 Å². The van der Waals surface area contributed by atoms with E-state index in [1.807, 2.05) is 12.1 Å². The maximum Gasteiger partial charge on any atom is 0.134 e. The number of hydrogen-bond acceptors (Lipinski definition) is 3. The highest BCUT2D eigenvalue weighted by atomic mass is 79.9. The van der Waals surface area contributed by atoms with Crippen molar-refractivity contribution in [3.8, 4) is 11.5 Å². The smallest absolute Gasteiger partial charge is 0.134 e. The first kappa shape index (κ1) is 14.2. The Morgan fingerprint density at radius 2 is 1.89 bits per heavy atom. The van der Waals surface area contributed by atoms with E-state index in [4.69, 9.17) is 9.47 Å². The van der Waals surface area contributed by atoms with E-state index >= 15 is 0 Å². The second-order valence-corrected chi connectivity index (χ2v) is 6.12. The van der Waals surface area contributed by atoms with Crippen molar-refractivity contribution < 1.29 is 9.47 Å². The van der Waals surface area contributed by atoms with Crippen LogP contribution in [0.1, 0.15) is 12.8 Å². The van der Waals surface area contributed by atoms with Gasteiger partial charge in [0.05, 0.1) is 16.1 Å².